The Labute approximate surface area is 171 Å². The fourth-order valence-electron chi connectivity index (χ4n) is 4.42. The van der Waals surface area contributed by atoms with Crippen LogP contribution in [0.3, 0.4) is 0 Å². The van der Waals surface area contributed by atoms with Gasteiger partial charge in [0, 0.05) is 39.3 Å². The number of benzene rings is 1. The zero-order chi connectivity index (χ0) is 19.6. The van der Waals surface area contributed by atoms with Gasteiger partial charge in [0.15, 0.2) is 5.96 Å². The lowest BCUT2D eigenvalue weighted by atomic mass is 9.82. The first-order chi connectivity index (χ1) is 13.8. The van der Waals surface area contributed by atoms with Gasteiger partial charge >= 0.3 is 0 Å². The molecule has 0 amide bonds. The maximum absolute atomic E-state index is 5.42. The van der Waals surface area contributed by atoms with E-state index in [4.69, 9.17) is 9.73 Å². The van der Waals surface area contributed by atoms with Gasteiger partial charge < -0.3 is 15.0 Å². The molecule has 156 valence electrons. The molecule has 1 N–H and O–H groups in total. The van der Waals surface area contributed by atoms with Gasteiger partial charge in [-0.05, 0) is 50.1 Å². The molecule has 1 aromatic carbocycles. The predicted octanol–water partition coefficient (Wildman–Crippen LogP) is 3.19. The number of ether oxygens (including phenoxy) is 1. The van der Waals surface area contributed by atoms with Crippen molar-refractivity contribution in [3.8, 4) is 0 Å². The van der Waals surface area contributed by atoms with E-state index in [1.165, 1.54) is 24.9 Å². The van der Waals surface area contributed by atoms with Crippen LogP contribution in [0.15, 0.2) is 35.3 Å². The lowest BCUT2D eigenvalue weighted by Crippen LogP contribution is -2.48. The number of hydrogen-bond acceptors (Lipinski definition) is 3. The number of rotatable bonds is 7. The van der Waals surface area contributed by atoms with Crippen LogP contribution in [0.2, 0.25) is 0 Å². The van der Waals surface area contributed by atoms with Crippen molar-refractivity contribution >= 4 is 5.96 Å². The second-order valence-corrected chi connectivity index (χ2v) is 8.13. The molecule has 2 fully saturated rings. The number of morpholine rings is 1. The third-order valence-corrected chi connectivity index (χ3v) is 6.02. The number of hydrogen-bond donors (Lipinski definition) is 1. The number of guanidine groups is 1. The van der Waals surface area contributed by atoms with Crippen molar-refractivity contribution in [2.45, 2.75) is 39.0 Å². The largest absolute Gasteiger partial charge is 0.379 e. The Morgan fingerprint density at radius 1 is 1.14 bits per heavy atom. The Balaban J connectivity index is 1.46. The van der Waals surface area contributed by atoms with Gasteiger partial charge in [-0.15, -0.1) is 0 Å². The third-order valence-electron chi connectivity index (χ3n) is 6.02. The molecule has 2 unspecified atom stereocenters. The van der Waals surface area contributed by atoms with Crippen LogP contribution < -0.4 is 5.32 Å². The van der Waals surface area contributed by atoms with Crippen LogP contribution in [0.1, 0.15) is 44.6 Å². The Kier molecular flexibility index (Phi) is 8.62. The topological polar surface area (TPSA) is 40.1 Å². The normalized spacial score (nSPS) is 24.4. The Morgan fingerprint density at radius 2 is 1.93 bits per heavy atom. The summed E-state index contributed by atoms with van der Waals surface area (Å²) in [7, 11) is 0. The van der Waals surface area contributed by atoms with E-state index in [1.807, 2.05) is 0 Å². The summed E-state index contributed by atoms with van der Waals surface area (Å²) in [6, 6.07) is 11.0. The molecule has 0 spiro atoms. The molecule has 2 saturated heterocycles. The molecule has 0 radical (unpaired) electrons. The number of nitrogens with one attached hydrogen (secondary N) is 1. The lowest BCUT2D eigenvalue weighted by Gasteiger charge is -2.39. The van der Waals surface area contributed by atoms with Gasteiger partial charge in [-0.1, -0.05) is 37.3 Å². The van der Waals surface area contributed by atoms with Crippen molar-refractivity contribution in [1.29, 1.82) is 0 Å². The molecule has 0 aliphatic carbocycles. The van der Waals surface area contributed by atoms with Crippen LogP contribution in [-0.2, 0) is 4.74 Å². The summed E-state index contributed by atoms with van der Waals surface area (Å²) in [6.07, 6.45) is 3.57. The number of aliphatic imine (C=N–C) groups is 1. The van der Waals surface area contributed by atoms with Crippen molar-refractivity contribution in [1.82, 2.24) is 15.1 Å². The minimum absolute atomic E-state index is 0.640. The molecule has 0 saturated carbocycles. The standard InChI is InChI=1S/C23H38N4O/c1-3-24-23(25-12-7-8-13-26-15-17-28-18-16-26)27-14-11-22(20(2)19-27)21-9-5-4-6-10-21/h4-6,9-10,20,22H,3,7-8,11-19H2,1-2H3,(H,24,25). The molecule has 0 aromatic heterocycles. The van der Waals surface area contributed by atoms with Gasteiger partial charge in [-0.2, -0.15) is 0 Å². The van der Waals surface area contributed by atoms with E-state index in [0.29, 0.717) is 11.8 Å². The van der Waals surface area contributed by atoms with Gasteiger partial charge in [0.05, 0.1) is 13.2 Å². The summed E-state index contributed by atoms with van der Waals surface area (Å²) >= 11 is 0. The fraction of sp³-hybridized carbons (Fsp3) is 0.696. The van der Waals surface area contributed by atoms with Crippen molar-refractivity contribution in [2.24, 2.45) is 10.9 Å². The minimum atomic E-state index is 0.640. The van der Waals surface area contributed by atoms with E-state index >= 15 is 0 Å². The van der Waals surface area contributed by atoms with E-state index in [-0.39, 0.29) is 0 Å². The van der Waals surface area contributed by atoms with E-state index in [9.17, 15) is 0 Å². The number of piperidine rings is 1. The molecule has 2 aliphatic rings. The molecule has 2 heterocycles. The van der Waals surface area contributed by atoms with Crippen LogP contribution in [0.25, 0.3) is 0 Å². The summed E-state index contributed by atoms with van der Waals surface area (Å²) < 4.78 is 5.42. The quantitative estimate of drug-likeness (QED) is 0.444. The van der Waals surface area contributed by atoms with E-state index in [1.54, 1.807) is 0 Å². The molecule has 2 aliphatic heterocycles. The highest BCUT2D eigenvalue weighted by Gasteiger charge is 2.28. The van der Waals surface area contributed by atoms with Gasteiger partial charge in [0.25, 0.3) is 0 Å². The van der Waals surface area contributed by atoms with Crippen molar-refractivity contribution < 1.29 is 4.74 Å². The molecule has 3 rings (SSSR count). The predicted molar refractivity (Wildman–Crippen MR) is 117 cm³/mol. The first-order valence-electron chi connectivity index (χ1n) is 11.2. The van der Waals surface area contributed by atoms with E-state index in [2.05, 4.69) is 59.3 Å². The number of unbranched alkanes of at least 4 members (excludes halogenated alkanes) is 1. The molecule has 5 heteroatoms. The van der Waals surface area contributed by atoms with Crippen LogP contribution >= 0.6 is 0 Å². The average molecular weight is 387 g/mol. The molecule has 2 atom stereocenters. The fourth-order valence-corrected chi connectivity index (χ4v) is 4.42. The zero-order valence-corrected chi connectivity index (χ0v) is 17.8. The maximum atomic E-state index is 5.42. The van der Waals surface area contributed by atoms with E-state index < -0.39 is 0 Å². The molecular formula is C23H38N4O. The van der Waals surface area contributed by atoms with Crippen molar-refractivity contribution in [3.63, 3.8) is 0 Å². The maximum Gasteiger partial charge on any atom is 0.193 e. The second kappa shape index (κ2) is 11.4. The minimum Gasteiger partial charge on any atom is -0.379 e. The third kappa shape index (κ3) is 6.21. The van der Waals surface area contributed by atoms with Gasteiger partial charge in [0.1, 0.15) is 0 Å². The molecular weight excluding hydrogens is 348 g/mol. The Bertz CT molecular complexity index is 586. The van der Waals surface area contributed by atoms with Crippen molar-refractivity contribution in [2.75, 3.05) is 59.0 Å². The van der Waals surface area contributed by atoms with E-state index in [0.717, 1.165) is 64.9 Å². The summed E-state index contributed by atoms with van der Waals surface area (Å²) in [5.74, 6) is 2.41. The number of likely N-dealkylation sites (tertiary alicyclic amines) is 1. The molecule has 28 heavy (non-hydrogen) atoms. The van der Waals surface area contributed by atoms with Crippen molar-refractivity contribution in [3.05, 3.63) is 35.9 Å². The highest BCUT2D eigenvalue weighted by Crippen LogP contribution is 2.32. The van der Waals surface area contributed by atoms with Gasteiger partial charge in [-0.25, -0.2) is 0 Å². The Morgan fingerprint density at radius 3 is 2.64 bits per heavy atom. The molecule has 0 bridgehead atoms. The zero-order valence-electron chi connectivity index (χ0n) is 17.8. The van der Waals surface area contributed by atoms with Crippen LogP contribution in [-0.4, -0.2) is 74.8 Å². The second-order valence-electron chi connectivity index (χ2n) is 8.13. The lowest BCUT2D eigenvalue weighted by molar-refractivity contribution is 0.0373. The van der Waals surface area contributed by atoms with Crippen LogP contribution in [0.4, 0.5) is 0 Å². The smallest absolute Gasteiger partial charge is 0.193 e. The Hall–Kier alpha value is -1.59. The molecule has 5 nitrogen and oxygen atoms in total. The highest BCUT2D eigenvalue weighted by atomic mass is 16.5. The average Bonchev–Trinajstić information content (AvgIpc) is 2.74. The van der Waals surface area contributed by atoms with Gasteiger partial charge in [0.2, 0.25) is 0 Å². The van der Waals surface area contributed by atoms with Gasteiger partial charge in [-0.3, -0.25) is 9.89 Å². The van der Waals surface area contributed by atoms with Crippen LogP contribution in [0, 0.1) is 5.92 Å². The summed E-state index contributed by atoms with van der Waals surface area (Å²) in [5.41, 5.74) is 1.49. The number of nitrogens with zero attached hydrogens (tertiary/aromatic N) is 3. The first kappa shape index (κ1) is 21.1. The SMILES string of the molecule is CCNC(=NCCCCN1CCOCC1)N1CCC(c2ccccc2)C(C)C1. The molecule has 1 aromatic rings. The summed E-state index contributed by atoms with van der Waals surface area (Å²) in [6.45, 7) is 13.7. The first-order valence-corrected chi connectivity index (χ1v) is 11.2. The highest BCUT2D eigenvalue weighted by molar-refractivity contribution is 5.80. The van der Waals surface area contributed by atoms with Crippen LogP contribution in [0.5, 0.6) is 0 Å². The monoisotopic (exact) mass is 386 g/mol. The summed E-state index contributed by atoms with van der Waals surface area (Å²) in [5, 5.41) is 3.52. The summed E-state index contributed by atoms with van der Waals surface area (Å²) in [4.78, 5) is 9.92.